The monoisotopic (exact) mass is 392 g/mol. The molecule has 2 heterocycles. The minimum Gasteiger partial charge on any atom is -0.342 e. The third kappa shape index (κ3) is 4.12. The van der Waals surface area contributed by atoms with Gasteiger partial charge in [-0.3, -0.25) is 9.36 Å². The van der Waals surface area contributed by atoms with Crippen molar-refractivity contribution >= 4 is 17.7 Å². The van der Waals surface area contributed by atoms with Crippen molar-refractivity contribution in [1.29, 1.82) is 0 Å². The average molecular weight is 393 g/mol. The molecule has 1 amide bonds. The van der Waals surface area contributed by atoms with Gasteiger partial charge in [0.15, 0.2) is 11.0 Å². The van der Waals surface area contributed by atoms with Gasteiger partial charge in [-0.25, -0.2) is 0 Å². The Kier molecular flexibility index (Phi) is 5.76. The van der Waals surface area contributed by atoms with Crippen LogP contribution < -0.4 is 0 Å². The Labute approximate surface area is 169 Å². The van der Waals surface area contributed by atoms with Crippen LogP contribution in [0, 0.1) is 5.92 Å². The lowest BCUT2D eigenvalue weighted by atomic mass is 9.99. The highest BCUT2D eigenvalue weighted by Crippen LogP contribution is 2.28. The quantitative estimate of drug-likeness (QED) is 0.608. The van der Waals surface area contributed by atoms with Crippen molar-refractivity contribution in [2.24, 2.45) is 5.92 Å². The number of para-hydroxylation sites is 1. The Hall–Kier alpha value is -2.60. The summed E-state index contributed by atoms with van der Waals surface area (Å²) < 4.78 is 2.03. The normalized spacial score (nSPS) is 15.0. The molecule has 0 spiro atoms. The van der Waals surface area contributed by atoms with Gasteiger partial charge in [-0.1, -0.05) is 67.2 Å². The van der Waals surface area contributed by atoms with Crippen LogP contribution in [0.4, 0.5) is 0 Å². The summed E-state index contributed by atoms with van der Waals surface area (Å²) in [6.07, 6.45) is 2.18. The number of hydrogen-bond donors (Lipinski definition) is 0. The fraction of sp³-hybridized carbons (Fsp3) is 0.318. The lowest BCUT2D eigenvalue weighted by molar-refractivity contribution is -0.129. The van der Waals surface area contributed by atoms with Gasteiger partial charge in [-0.2, -0.15) is 0 Å². The first-order chi connectivity index (χ1) is 13.7. The third-order valence-electron chi connectivity index (χ3n) is 5.14. The van der Waals surface area contributed by atoms with E-state index in [1.807, 2.05) is 70.1 Å². The maximum Gasteiger partial charge on any atom is 0.233 e. The second-order valence-corrected chi connectivity index (χ2v) is 8.14. The number of carbonyl (C=O) groups excluding carboxylic acids is 1. The van der Waals surface area contributed by atoms with Gasteiger partial charge in [0.1, 0.15) is 0 Å². The summed E-state index contributed by atoms with van der Waals surface area (Å²) in [6.45, 7) is 3.98. The molecule has 1 aromatic heterocycles. The molecule has 0 saturated carbocycles. The summed E-state index contributed by atoms with van der Waals surface area (Å²) in [7, 11) is 0. The third-order valence-corrected chi connectivity index (χ3v) is 6.05. The number of carbonyl (C=O) groups is 1. The molecule has 1 aliphatic heterocycles. The van der Waals surface area contributed by atoms with Crippen LogP contribution in [-0.4, -0.2) is 44.4 Å². The molecule has 4 rings (SSSR count). The summed E-state index contributed by atoms with van der Waals surface area (Å²) in [5.41, 5.74) is 2.00. The molecule has 1 aliphatic rings. The maximum absolute atomic E-state index is 12.7. The van der Waals surface area contributed by atoms with Crippen molar-refractivity contribution in [3.8, 4) is 17.1 Å². The van der Waals surface area contributed by atoms with Crippen molar-refractivity contribution in [3.63, 3.8) is 0 Å². The van der Waals surface area contributed by atoms with Gasteiger partial charge in [0.2, 0.25) is 5.91 Å². The topological polar surface area (TPSA) is 51.0 Å². The highest BCUT2D eigenvalue weighted by Gasteiger charge is 2.22. The second kappa shape index (κ2) is 8.61. The number of hydrogen-bond acceptors (Lipinski definition) is 4. The molecule has 0 radical (unpaired) electrons. The van der Waals surface area contributed by atoms with Gasteiger partial charge in [0.25, 0.3) is 0 Å². The molecule has 0 atom stereocenters. The van der Waals surface area contributed by atoms with Crippen LogP contribution >= 0.6 is 11.8 Å². The molecule has 0 N–H and O–H groups in total. The van der Waals surface area contributed by atoms with Crippen molar-refractivity contribution in [2.75, 3.05) is 18.8 Å². The van der Waals surface area contributed by atoms with Gasteiger partial charge in [-0.05, 0) is 30.9 Å². The van der Waals surface area contributed by atoms with Gasteiger partial charge in [0, 0.05) is 24.3 Å². The molecular formula is C22H24N4OS. The standard InChI is InChI=1S/C22H24N4OS/c1-17-12-14-25(15-13-17)20(27)16-28-22-24-23-21(18-8-4-2-5-9-18)26(22)19-10-6-3-7-11-19/h2-11,17H,12-16H2,1H3. The van der Waals surface area contributed by atoms with E-state index in [-0.39, 0.29) is 5.91 Å². The fourth-order valence-corrected chi connectivity index (χ4v) is 4.28. The Morgan fingerprint density at radius 2 is 1.64 bits per heavy atom. The van der Waals surface area contributed by atoms with Crippen molar-refractivity contribution in [1.82, 2.24) is 19.7 Å². The van der Waals surface area contributed by atoms with Gasteiger partial charge in [-0.15, -0.1) is 10.2 Å². The maximum atomic E-state index is 12.7. The zero-order valence-corrected chi connectivity index (χ0v) is 16.8. The second-order valence-electron chi connectivity index (χ2n) is 7.20. The van der Waals surface area contributed by atoms with E-state index in [0.717, 1.165) is 48.2 Å². The molecule has 1 saturated heterocycles. The number of amides is 1. The van der Waals surface area contributed by atoms with Crippen LogP contribution in [0.5, 0.6) is 0 Å². The zero-order chi connectivity index (χ0) is 19.3. The van der Waals surface area contributed by atoms with Crippen molar-refractivity contribution in [3.05, 3.63) is 60.7 Å². The Morgan fingerprint density at radius 3 is 2.32 bits per heavy atom. The van der Waals surface area contributed by atoms with Gasteiger partial charge in [0.05, 0.1) is 5.75 Å². The van der Waals surface area contributed by atoms with Crippen LogP contribution in [0.1, 0.15) is 19.8 Å². The molecule has 3 aromatic rings. The van der Waals surface area contributed by atoms with E-state index in [0.29, 0.717) is 11.7 Å². The molecule has 2 aromatic carbocycles. The number of nitrogens with zero attached hydrogens (tertiary/aromatic N) is 4. The molecule has 0 aliphatic carbocycles. The Balaban J connectivity index is 1.57. The van der Waals surface area contributed by atoms with E-state index < -0.39 is 0 Å². The first kappa shape index (κ1) is 18.7. The predicted molar refractivity (Wildman–Crippen MR) is 112 cm³/mol. The first-order valence-electron chi connectivity index (χ1n) is 9.69. The van der Waals surface area contributed by atoms with Crippen molar-refractivity contribution in [2.45, 2.75) is 24.9 Å². The number of rotatable bonds is 5. The predicted octanol–water partition coefficient (Wildman–Crippen LogP) is 4.28. The molecule has 144 valence electrons. The Morgan fingerprint density at radius 1 is 1.00 bits per heavy atom. The molecule has 0 bridgehead atoms. The fourth-order valence-electron chi connectivity index (χ4n) is 3.42. The minimum atomic E-state index is 0.181. The lowest BCUT2D eigenvalue weighted by Gasteiger charge is -2.30. The van der Waals surface area contributed by atoms with Crippen LogP contribution in [0.25, 0.3) is 17.1 Å². The van der Waals surface area contributed by atoms with E-state index in [4.69, 9.17) is 0 Å². The highest BCUT2D eigenvalue weighted by atomic mass is 32.2. The van der Waals surface area contributed by atoms with Crippen LogP contribution in [0.15, 0.2) is 65.8 Å². The summed E-state index contributed by atoms with van der Waals surface area (Å²) in [4.78, 5) is 14.6. The van der Waals surface area contributed by atoms with Crippen LogP contribution in [0.2, 0.25) is 0 Å². The Bertz CT molecular complexity index is 918. The molecule has 1 fully saturated rings. The number of piperidine rings is 1. The summed E-state index contributed by atoms with van der Waals surface area (Å²) in [5, 5.41) is 9.57. The molecule has 0 unspecified atom stereocenters. The first-order valence-corrected chi connectivity index (χ1v) is 10.7. The lowest BCUT2D eigenvalue weighted by Crippen LogP contribution is -2.38. The van der Waals surface area contributed by atoms with Crippen LogP contribution in [-0.2, 0) is 4.79 Å². The van der Waals surface area contributed by atoms with Gasteiger partial charge >= 0.3 is 0 Å². The van der Waals surface area contributed by atoms with E-state index in [1.165, 1.54) is 11.8 Å². The molecular weight excluding hydrogens is 368 g/mol. The number of benzene rings is 2. The van der Waals surface area contributed by atoms with E-state index in [1.54, 1.807) is 0 Å². The molecule has 6 heteroatoms. The molecule has 5 nitrogen and oxygen atoms in total. The number of likely N-dealkylation sites (tertiary alicyclic amines) is 1. The van der Waals surface area contributed by atoms with Crippen LogP contribution in [0.3, 0.4) is 0 Å². The minimum absolute atomic E-state index is 0.181. The van der Waals surface area contributed by atoms with E-state index in [9.17, 15) is 4.79 Å². The van der Waals surface area contributed by atoms with Gasteiger partial charge < -0.3 is 4.90 Å². The highest BCUT2D eigenvalue weighted by molar-refractivity contribution is 7.99. The van der Waals surface area contributed by atoms with E-state index >= 15 is 0 Å². The zero-order valence-electron chi connectivity index (χ0n) is 16.0. The van der Waals surface area contributed by atoms with Crippen molar-refractivity contribution < 1.29 is 4.79 Å². The summed E-state index contributed by atoms with van der Waals surface area (Å²) in [6, 6.07) is 20.1. The number of thioether (sulfide) groups is 1. The largest absolute Gasteiger partial charge is 0.342 e. The summed E-state index contributed by atoms with van der Waals surface area (Å²) >= 11 is 1.46. The molecule has 28 heavy (non-hydrogen) atoms. The average Bonchev–Trinajstić information content (AvgIpc) is 3.18. The number of aromatic nitrogens is 3. The smallest absolute Gasteiger partial charge is 0.233 e. The SMILES string of the molecule is CC1CCN(C(=O)CSc2nnc(-c3ccccc3)n2-c2ccccc2)CC1. The summed E-state index contributed by atoms with van der Waals surface area (Å²) in [5.74, 6) is 2.06. The van der Waals surface area contributed by atoms with E-state index in [2.05, 4.69) is 17.1 Å².